The van der Waals surface area contributed by atoms with Gasteiger partial charge in [-0.15, -0.1) is 0 Å². The fourth-order valence-corrected chi connectivity index (χ4v) is 5.31. The van der Waals surface area contributed by atoms with Gasteiger partial charge in [-0.3, -0.25) is 0 Å². The second-order valence-corrected chi connectivity index (χ2v) is 6.90. The highest BCUT2D eigenvalue weighted by Crippen LogP contribution is 2.67. The molecule has 13 heavy (non-hydrogen) atoms. The molecule has 5 atom stereocenters. The van der Waals surface area contributed by atoms with E-state index < -0.39 is 0 Å². The molecule has 4 fully saturated rings. The summed E-state index contributed by atoms with van der Waals surface area (Å²) in [5.74, 6) is 3.19. The van der Waals surface area contributed by atoms with Crippen LogP contribution in [0.4, 0.5) is 0 Å². The molecule has 0 amide bonds. The van der Waals surface area contributed by atoms with E-state index in [1.54, 1.807) is 25.7 Å². The SMILES string of the molecule is CC1[C@H]2C[C@@H]3C[C@](C)(C2)C[C@@]1(C)C3. The van der Waals surface area contributed by atoms with Crippen molar-refractivity contribution < 1.29 is 0 Å². The van der Waals surface area contributed by atoms with E-state index in [9.17, 15) is 0 Å². The highest BCUT2D eigenvalue weighted by molar-refractivity contribution is 5.07. The molecular formula is C13H22. The third-order valence-electron chi connectivity index (χ3n) is 5.56. The van der Waals surface area contributed by atoms with Crippen molar-refractivity contribution in [3.05, 3.63) is 0 Å². The standard InChI is InChI=1S/C13H22/c1-9-11-4-10-5-12(2,7-11)8-13(9,3)6-10/h9-11H,4-8H2,1-3H3/t9?,10-,11+,12-,13-/m1/s1. The van der Waals surface area contributed by atoms with Gasteiger partial charge in [0.05, 0.1) is 0 Å². The molecule has 1 unspecified atom stereocenters. The van der Waals surface area contributed by atoms with Crippen LogP contribution in [-0.2, 0) is 0 Å². The Balaban J connectivity index is 2.01. The van der Waals surface area contributed by atoms with E-state index in [2.05, 4.69) is 20.8 Å². The molecular weight excluding hydrogens is 156 g/mol. The zero-order valence-corrected chi connectivity index (χ0v) is 9.27. The summed E-state index contributed by atoms with van der Waals surface area (Å²) in [5, 5.41) is 0. The van der Waals surface area contributed by atoms with E-state index >= 15 is 0 Å². The van der Waals surface area contributed by atoms with E-state index in [1.807, 2.05) is 0 Å². The number of hydrogen-bond donors (Lipinski definition) is 0. The van der Waals surface area contributed by atoms with Gasteiger partial charge < -0.3 is 0 Å². The molecule has 0 heteroatoms. The Labute approximate surface area is 82.1 Å². The first kappa shape index (κ1) is 8.32. The van der Waals surface area contributed by atoms with E-state index in [0.29, 0.717) is 0 Å². The second-order valence-electron chi connectivity index (χ2n) is 6.90. The fourth-order valence-electron chi connectivity index (χ4n) is 5.31. The van der Waals surface area contributed by atoms with Crippen molar-refractivity contribution >= 4 is 0 Å². The molecule has 0 radical (unpaired) electrons. The quantitative estimate of drug-likeness (QED) is 0.528. The molecule has 0 spiro atoms. The van der Waals surface area contributed by atoms with Crippen LogP contribution >= 0.6 is 0 Å². The van der Waals surface area contributed by atoms with Crippen LogP contribution < -0.4 is 0 Å². The highest BCUT2D eigenvalue weighted by atomic mass is 14.6. The van der Waals surface area contributed by atoms with Gasteiger partial charge in [0.2, 0.25) is 0 Å². The van der Waals surface area contributed by atoms with Crippen LogP contribution in [0.5, 0.6) is 0 Å². The fraction of sp³-hybridized carbons (Fsp3) is 1.00. The number of hydrogen-bond acceptors (Lipinski definition) is 0. The van der Waals surface area contributed by atoms with Gasteiger partial charge in [-0.2, -0.15) is 0 Å². The van der Waals surface area contributed by atoms with Gasteiger partial charge in [-0.05, 0) is 60.7 Å². The molecule has 4 aliphatic carbocycles. The Hall–Kier alpha value is 0. The van der Waals surface area contributed by atoms with Crippen molar-refractivity contribution in [1.82, 2.24) is 0 Å². The van der Waals surface area contributed by atoms with Crippen LogP contribution in [-0.4, -0.2) is 0 Å². The molecule has 4 rings (SSSR count). The molecule has 0 N–H and O–H groups in total. The van der Waals surface area contributed by atoms with Crippen LogP contribution in [0.15, 0.2) is 0 Å². The van der Waals surface area contributed by atoms with Gasteiger partial charge in [0, 0.05) is 0 Å². The van der Waals surface area contributed by atoms with Crippen molar-refractivity contribution in [3.63, 3.8) is 0 Å². The Kier molecular flexibility index (Phi) is 1.37. The van der Waals surface area contributed by atoms with Gasteiger partial charge in [0.1, 0.15) is 0 Å². The molecule has 4 saturated carbocycles. The Bertz CT molecular complexity index is 244. The summed E-state index contributed by atoms with van der Waals surface area (Å²) in [6.07, 6.45) is 7.72. The summed E-state index contributed by atoms with van der Waals surface area (Å²) in [6, 6.07) is 0. The summed E-state index contributed by atoms with van der Waals surface area (Å²) in [4.78, 5) is 0. The summed E-state index contributed by atoms with van der Waals surface area (Å²) < 4.78 is 0. The van der Waals surface area contributed by atoms with Gasteiger partial charge in [-0.1, -0.05) is 20.8 Å². The van der Waals surface area contributed by atoms with Crippen molar-refractivity contribution in [2.75, 3.05) is 0 Å². The first-order valence-electron chi connectivity index (χ1n) is 6.01. The summed E-state index contributed by atoms with van der Waals surface area (Å²) in [5.41, 5.74) is 1.46. The zero-order valence-electron chi connectivity index (χ0n) is 9.27. The molecule has 0 heterocycles. The maximum absolute atomic E-state index is 2.56. The maximum atomic E-state index is 2.56. The smallest absolute Gasteiger partial charge is 0.0290 e. The van der Waals surface area contributed by atoms with E-state index in [-0.39, 0.29) is 0 Å². The average molecular weight is 178 g/mol. The molecule has 0 aromatic carbocycles. The zero-order chi connectivity index (χ0) is 9.27. The minimum atomic E-state index is 0.721. The van der Waals surface area contributed by atoms with Gasteiger partial charge >= 0.3 is 0 Å². The Morgan fingerprint density at radius 3 is 2.46 bits per heavy atom. The van der Waals surface area contributed by atoms with Crippen molar-refractivity contribution in [2.45, 2.75) is 52.9 Å². The average Bonchev–Trinajstić information content (AvgIpc) is 1.96. The van der Waals surface area contributed by atoms with Crippen molar-refractivity contribution in [3.8, 4) is 0 Å². The predicted octanol–water partition coefficient (Wildman–Crippen LogP) is 3.86. The first-order chi connectivity index (χ1) is 6.01. The van der Waals surface area contributed by atoms with E-state index in [0.717, 1.165) is 28.6 Å². The van der Waals surface area contributed by atoms with Crippen LogP contribution in [0.3, 0.4) is 0 Å². The van der Waals surface area contributed by atoms with Crippen LogP contribution in [0, 0.1) is 28.6 Å². The molecule has 0 saturated heterocycles. The normalized spacial score (nSPS) is 64.4. The summed E-state index contributed by atoms with van der Waals surface area (Å²) in [7, 11) is 0. The molecule has 74 valence electrons. The molecule has 0 aromatic heterocycles. The van der Waals surface area contributed by atoms with Gasteiger partial charge in [0.15, 0.2) is 0 Å². The lowest BCUT2D eigenvalue weighted by Gasteiger charge is -2.63. The van der Waals surface area contributed by atoms with Crippen molar-refractivity contribution in [1.29, 1.82) is 0 Å². The molecule has 4 aliphatic rings. The van der Waals surface area contributed by atoms with Crippen LogP contribution in [0.25, 0.3) is 0 Å². The second kappa shape index (κ2) is 2.15. The van der Waals surface area contributed by atoms with Crippen molar-refractivity contribution in [2.24, 2.45) is 28.6 Å². The molecule has 4 bridgehead atoms. The lowest BCUT2D eigenvalue weighted by molar-refractivity contribution is -0.133. The molecule has 0 aliphatic heterocycles. The Morgan fingerprint density at radius 2 is 1.85 bits per heavy atom. The topological polar surface area (TPSA) is 0 Å². The van der Waals surface area contributed by atoms with E-state index in [1.165, 1.54) is 6.42 Å². The summed E-state index contributed by atoms with van der Waals surface area (Å²) in [6.45, 7) is 7.63. The number of rotatable bonds is 0. The Morgan fingerprint density at radius 1 is 1.08 bits per heavy atom. The van der Waals surface area contributed by atoms with Crippen LogP contribution in [0.2, 0.25) is 0 Å². The minimum Gasteiger partial charge on any atom is -0.0617 e. The predicted molar refractivity (Wildman–Crippen MR) is 55.4 cm³/mol. The lowest BCUT2D eigenvalue weighted by Crippen LogP contribution is -2.54. The minimum absolute atomic E-state index is 0.721. The summed E-state index contributed by atoms with van der Waals surface area (Å²) >= 11 is 0. The maximum Gasteiger partial charge on any atom is -0.0290 e. The van der Waals surface area contributed by atoms with Gasteiger partial charge in [-0.25, -0.2) is 0 Å². The lowest BCUT2D eigenvalue weighted by atomic mass is 9.42. The third kappa shape index (κ3) is 0.980. The van der Waals surface area contributed by atoms with Crippen LogP contribution in [0.1, 0.15) is 52.9 Å². The molecule has 0 nitrogen and oxygen atoms in total. The first-order valence-corrected chi connectivity index (χ1v) is 6.01. The third-order valence-corrected chi connectivity index (χ3v) is 5.56. The largest absolute Gasteiger partial charge is 0.0617 e. The highest BCUT2D eigenvalue weighted by Gasteiger charge is 2.57. The van der Waals surface area contributed by atoms with E-state index in [4.69, 9.17) is 0 Å². The van der Waals surface area contributed by atoms with Gasteiger partial charge in [0.25, 0.3) is 0 Å². The molecule has 0 aromatic rings. The monoisotopic (exact) mass is 178 g/mol.